The molecule has 150 valence electrons. The molecule has 3 rings (SSSR count). The van der Waals surface area contributed by atoms with Crippen molar-refractivity contribution in [3.05, 3.63) is 70.9 Å². The van der Waals surface area contributed by atoms with E-state index < -0.39 is 5.97 Å². The summed E-state index contributed by atoms with van der Waals surface area (Å²) in [5.74, 6) is -0.830. The summed E-state index contributed by atoms with van der Waals surface area (Å²) in [5.41, 5.74) is 3.13. The number of aromatic nitrogens is 1. The molecule has 1 amide bonds. The van der Waals surface area contributed by atoms with Gasteiger partial charge in [0.1, 0.15) is 5.15 Å². The summed E-state index contributed by atoms with van der Waals surface area (Å²) in [6.45, 7) is 0.120. The number of rotatable bonds is 6. The van der Waals surface area contributed by atoms with Crippen LogP contribution in [-0.4, -0.2) is 49.5 Å². The predicted octanol–water partition coefficient (Wildman–Crippen LogP) is 3.77. The Morgan fingerprint density at radius 3 is 2.41 bits per heavy atom. The smallest absolute Gasteiger partial charge is 0.338 e. The van der Waals surface area contributed by atoms with Gasteiger partial charge in [-0.05, 0) is 48.0 Å². The summed E-state index contributed by atoms with van der Waals surface area (Å²) in [6.07, 6.45) is 0. The van der Waals surface area contributed by atoms with Crippen LogP contribution in [0.25, 0.3) is 10.9 Å². The highest BCUT2D eigenvalue weighted by molar-refractivity contribution is 6.29. The summed E-state index contributed by atoms with van der Waals surface area (Å²) in [6, 6.07) is 16.3. The fraction of sp³-hybridized carbons (Fsp3) is 0.227. The summed E-state index contributed by atoms with van der Waals surface area (Å²) in [4.78, 5) is 32.3. The first-order valence-corrected chi connectivity index (χ1v) is 9.45. The zero-order valence-electron chi connectivity index (χ0n) is 16.6. The average molecular weight is 412 g/mol. The molecule has 0 aliphatic rings. The van der Waals surface area contributed by atoms with Gasteiger partial charge in [0.25, 0.3) is 5.91 Å². The molecular formula is C22H22ClN3O3. The van der Waals surface area contributed by atoms with Crippen LogP contribution in [0.5, 0.6) is 0 Å². The van der Waals surface area contributed by atoms with Gasteiger partial charge in [0, 0.05) is 38.8 Å². The van der Waals surface area contributed by atoms with E-state index in [1.54, 1.807) is 37.4 Å². The monoisotopic (exact) mass is 411 g/mol. The molecule has 0 radical (unpaired) electrons. The molecule has 0 saturated heterocycles. The highest BCUT2D eigenvalue weighted by atomic mass is 35.5. The van der Waals surface area contributed by atoms with Crippen molar-refractivity contribution in [3.63, 3.8) is 0 Å². The standard InChI is InChI=1S/C22H22ClN3O3/c1-25(2)18-8-4-15(5-9-18)13-26(3)21(27)14-29-22(28)17-6-10-19-16(12-17)7-11-20(23)24-19/h4-12H,13-14H2,1-3H3. The number of carbonyl (C=O) groups excluding carboxylic acids is 2. The van der Waals surface area contributed by atoms with E-state index in [2.05, 4.69) is 4.98 Å². The Morgan fingerprint density at radius 1 is 1.00 bits per heavy atom. The number of anilines is 1. The number of nitrogens with zero attached hydrogens (tertiary/aromatic N) is 3. The number of benzene rings is 2. The van der Waals surface area contributed by atoms with Gasteiger partial charge in [0.05, 0.1) is 11.1 Å². The van der Waals surface area contributed by atoms with Crippen LogP contribution in [0.1, 0.15) is 15.9 Å². The van der Waals surface area contributed by atoms with Crippen molar-refractivity contribution in [3.8, 4) is 0 Å². The zero-order valence-corrected chi connectivity index (χ0v) is 17.3. The number of likely N-dealkylation sites (N-methyl/N-ethyl adjacent to an activating group) is 1. The van der Waals surface area contributed by atoms with E-state index in [0.29, 0.717) is 22.8 Å². The molecule has 0 aliphatic heterocycles. The fourth-order valence-electron chi connectivity index (χ4n) is 2.81. The molecule has 1 heterocycles. The van der Waals surface area contributed by atoms with Crippen LogP contribution in [-0.2, 0) is 16.1 Å². The number of carbonyl (C=O) groups is 2. The fourth-order valence-corrected chi connectivity index (χ4v) is 2.96. The first kappa shape index (κ1) is 20.6. The number of amides is 1. The normalized spacial score (nSPS) is 10.6. The lowest BCUT2D eigenvalue weighted by atomic mass is 10.1. The molecule has 3 aromatic rings. The second-order valence-corrected chi connectivity index (χ2v) is 7.32. The SMILES string of the molecule is CN(Cc1ccc(N(C)C)cc1)C(=O)COC(=O)c1ccc2nc(Cl)ccc2c1. The quantitative estimate of drug-likeness (QED) is 0.456. The second-order valence-electron chi connectivity index (χ2n) is 6.93. The first-order chi connectivity index (χ1) is 13.8. The van der Waals surface area contributed by atoms with Crippen LogP contribution in [0.15, 0.2) is 54.6 Å². The maximum atomic E-state index is 12.3. The van der Waals surface area contributed by atoms with Gasteiger partial charge in [0.15, 0.2) is 6.61 Å². The molecule has 0 aliphatic carbocycles. The third kappa shape index (κ3) is 5.23. The molecule has 0 spiro atoms. The maximum Gasteiger partial charge on any atom is 0.338 e. The lowest BCUT2D eigenvalue weighted by Gasteiger charge is -2.18. The summed E-state index contributed by atoms with van der Waals surface area (Å²) < 4.78 is 5.19. The van der Waals surface area contributed by atoms with Crippen molar-refractivity contribution in [2.24, 2.45) is 0 Å². The molecule has 29 heavy (non-hydrogen) atoms. The van der Waals surface area contributed by atoms with Gasteiger partial charge in [0.2, 0.25) is 0 Å². The Bertz CT molecular complexity index is 1040. The topological polar surface area (TPSA) is 62.7 Å². The molecule has 7 heteroatoms. The van der Waals surface area contributed by atoms with Crippen LogP contribution in [0.3, 0.4) is 0 Å². The Kier molecular flexibility index (Phi) is 6.34. The number of halogens is 1. The van der Waals surface area contributed by atoms with Crippen molar-refractivity contribution >= 4 is 40.1 Å². The van der Waals surface area contributed by atoms with Crippen LogP contribution >= 0.6 is 11.6 Å². The zero-order chi connectivity index (χ0) is 21.0. The largest absolute Gasteiger partial charge is 0.452 e. The van der Waals surface area contributed by atoms with E-state index in [9.17, 15) is 9.59 Å². The van der Waals surface area contributed by atoms with Crippen molar-refractivity contribution < 1.29 is 14.3 Å². The third-order valence-corrected chi connectivity index (χ3v) is 4.73. The number of fused-ring (bicyclic) bond motifs is 1. The number of hydrogen-bond donors (Lipinski definition) is 0. The third-order valence-electron chi connectivity index (χ3n) is 4.52. The van der Waals surface area contributed by atoms with Crippen molar-refractivity contribution in [2.45, 2.75) is 6.54 Å². The molecule has 0 atom stereocenters. The average Bonchev–Trinajstić information content (AvgIpc) is 2.71. The molecule has 0 saturated carbocycles. The van der Waals surface area contributed by atoms with Gasteiger partial charge in [-0.2, -0.15) is 0 Å². The molecule has 2 aromatic carbocycles. The minimum absolute atomic E-state index is 0.274. The van der Waals surface area contributed by atoms with Gasteiger partial charge in [-0.3, -0.25) is 4.79 Å². The van der Waals surface area contributed by atoms with E-state index in [1.165, 1.54) is 4.90 Å². The van der Waals surface area contributed by atoms with Gasteiger partial charge >= 0.3 is 5.97 Å². The lowest BCUT2D eigenvalue weighted by molar-refractivity contribution is -0.133. The minimum Gasteiger partial charge on any atom is -0.452 e. The Morgan fingerprint density at radius 2 is 1.72 bits per heavy atom. The molecule has 0 unspecified atom stereocenters. The van der Waals surface area contributed by atoms with Gasteiger partial charge in [-0.15, -0.1) is 0 Å². The number of pyridine rings is 1. The van der Waals surface area contributed by atoms with E-state index in [-0.39, 0.29) is 12.5 Å². The molecule has 0 bridgehead atoms. The van der Waals surface area contributed by atoms with E-state index >= 15 is 0 Å². The van der Waals surface area contributed by atoms with Crippen LogP contribution in [0.4, 0.5) is 5.69 Å². The Balaban J connectivity index is 1.56. The number of ether oxygens (including phenoxy) is 1. The minimum atomic E-state index is -0.557. The molecule has 0 N–H and O–H groups in total. The lowest BCUT2D eigenvalue weighted by Crippen LogP contribution is -2.30. The van der Waals surface area contributed by atoms with Crippen LogP contribution < -0.4 is 4.90 Å². The molecule has 1 aromatic heterocycles. The summed E-state index contributed by atoms with van der Waals surface area (Å²) in [5, 5.41) is 1.16. The molecule has 6 nitrogen and oxygen atoms in total. The van der Waals surface area contributed by atoms with Crippen molar-refractivity contribution in [2.75, 3.05) is 32.6 Å². The van der Waals surface area contributed by atoms with E-state index in [4.69, 9.17) is 16.3 Å². The maximum absolute atomic E-state index is 12.3. The van der Waals surface area contributed by atoms with E-state index in [1.807, 2.05) is 43.3 Å². The van der Waals surface area contributed by atoms with Crippen molar-refractivity contribution in [1.29, 1.82) is 0 Å². The number of esters is 1. The van der Waals surface area contributed by atoms with E-state index in [0.717, 1.165) is 16.6 Å². The summed E-state index contributed by atoms with van der Waals surface area (Å²) >= 11 is 5.87. The van der Waals surface area contributed by atoms with Gasteiger partial charge in [-0.25, -0.2) is 9.78 Å². The van der Waals surface area contributed by atoms with Gasteiger partial charge in [-0.1, -0.05) is 23.7 Å². The highest BCUT2D eigenvalue weighted by Crippen LogP contribution is 2.18. The predicted molar refractivity (Wildman–Crippen MR) is 114 cm³/mol. The van der Waals surface area contributed by atoms with Crippen molar-refractivity contribution in [1.82, 2.24) is 9.88 Å². The second kappa shape index (κ2) is 8.92. The number of hydrogen-bond acceptors (Lipinski definition) is 5. The first-order valence-electron chi connectivity index (χ1n) is 9.07. The Labute approximate surface area is 174 Å². The summed E-state index contributed by atoms with van der Waals surface area (Å²) in [7, 11) is 5.63. The Hall–Kier alpha value is -3.12. The van der Waals surface area contributed by atoms with Gasteiger partial charge < -0.3 is 14.5 Å². The highest BCUT2D eigenvalue weighted by Gasteiger charge is 2.14. The van der Waals surface area contributed by atoms with Crippen LogP contribution in [0.2, 0.25) is 5.15 Å². The molecular weight excluding hydrogens is 390 g/mol. The molecule has 0 fully saturated rings. The van der Waals surface area contributed by atoms with Crippen LogP contribution in [0, 0.1) is 0 Å².